The molecule has 4 nitrogen and oxygen atoms in total. The number of nitrogens with zero attached hydrogens (tertiary/aromatic N) is 1. The predicted molar refractivity (Wildman–Crippen MR) is 81.0 cm³/mol. The van der Waals surface area contributed by atoms with Gasteiger partial charge in [-0.15, -0.1) is 0 Å². The van der Waals surface area contributed by atoms with Gasteiger partial charge in [-0.25, -0.2) is 4.74 Å². The molecule has 0 aliphatic carbocycles. The molecule has 0 spiro atoms. The van der Waals surface area contributed by atoms with E-state index in [0.717, 1.165) is 15.9 Å². The van der Waals surface area contributed by atoms with Crippen molar-refractivity contribution in [2.45, 2.75) is 13.0 Å². The van der Waals surface area contributed by atoms with Gasteiger partial charge in [0.15, 0.2) is 12.8 Å². The van der Waals surface area contributed by atoms with Crippen molar-refractivity contribution in [1.29, 1.82) is 0 Å². The molecule has 0 bridgehead atoms. The van der Waals surface area contributed by atoms with Gasteiger partial charge in [-0.05, 0) is 17.7 Å². The van der Waals surface area contributed by atoms with Crippen LogP contribution in [-0.4, -0.2) is 23.5 Å². The van der Waals surface area contributed by atoms with Gasteiger partial charge in [0, 0.05) is 5.56 Å². The zero-order chi connectivity index (χ0) is 14.9. The summed E-state index contributed by atoms with van der Waals surface area (Å²) >= 11 is 0. The smallest absolute Gasteiger partial charge is 0.312 e. The fourth-order valence-electron chi connectivity index (χ4n) is 1.78. The third-order valence-electron chi connectivity index (χ3n) is 2.87. The van der Waals surface area contributed by atoms with Gasteiger partial charge in [-0.3, -0.25) is 4.79 Å². The molecule has 4 heteroatoms. The molecule has 21 heavy (non-hydrogen) atoms. The normalized spacial score (nSPS) is 11.1. The largest absolute Gasteiger partial charge is 0.624 e. The van der Waals surface area contributed by atoms with Crippen LogP contribution in [0.5, 0.6) is 0 Å². The van der Waals surface area contributed by atoms with Crippen LogP contribution in [0.3, 0.4) is 0 Å². The molecule has 0 unspecified atom stereocenters. The Labute approximate surface area is 123 Å². The number of hydroxylamine groups is 1. The average Bonchev–Trinajstić information content (AvgIpc) is 2.53. The summed E-state index contributed by atoms with van der Waals surface area (Å²) in [5.74, 6) is -0.374. The number of carbonyl (C=O) groups is 1. The van der Waals surface area contributed by atoms with E-state index in [1.54, 1.807) is 0 Å². The summed E-state index contributed by atoms with van der Waals surface area (Å²) in [4.78, 5) is 11.6. The fraction of sp³-hybridized carbons (Fsp3) is 0.176. The van der Waals surface area contributed by atoms with Crippen LogP contribution < -0.4 is 0 Å². The maximum atomic E-state index is 11.6. The SMILES string of the molecule is O=C(CC/[N+]([O-])=C\c1ccccc1)OCc1ccccc1. The third kappa shape index (κ3) is 5.48. The molecular formula is C17H17NO3. The Morgan fingerprint density at radius 3 is 2.33 bits per heavy atom. The molecule has 2 rings (SSSR count). The Kier molecular flexibility index (Phi) is 5.52. The van der Waals surface area contributed by atoms with Crippen molar-refractivity contribution in [3.63, 3.8) is 0 Å². The Morgan fingerprint density at radius 2 is 1.67 bits per heavy atom. The molecule has 2 aromatic rings. The Morgan fingerprint density at radius 1 is 1.05 bits per heavy atom. The first-order valence-electron chi connectivity index (χ1n) is 6.77. The minimum absolute atomic E-state index is 0.0691. The number of carbonyl (C=O) groups excluding carboxylic acids is 1. The molecule has 0 radical (unpaired) electrons. The summed E-state index contributed by atoms with van der Waals surface area (Å²) in [6.07, 6.45) is 1.53. The lowest BCUT2D eigenvalue weighted by atomic mass is 10.2. The van der Waals surface area contributed by atoms with Gasteiger partial charge < -0.3 is 9.94 Å². The Balaban J connectivity index is 1.75. The van der Waals surface area contributed by atoms with Gasteiger partial charge in [0.2, 0.25) is 0 Å². The minimum Gasteiger partial charge on any atom is -0.624 e. The molecule has 0 aromatic heterocycles. The van der Waals surface area contributed by atoms with Crippen molar-refractivity contribution in [2.75, 3.05) is 6.54 Å². The van der Waals surface area contributed by atoms with E-state index in [1.165, 1.54) is 6.21 Å². The van der Waals surface area contributed by atoms with E-state index in [9.17, 15) is 10.0 Å². The molecule has 0 amide bonds. The highest BCUT2D eigenvalue weighted by Crippen LogP contribution is 2.02. The third-order valence-corrected chi connectivity index (χ3v) is 2.87. The highest BCUT2D eigenvalue weighted by atomic mass is 16.5. The second kappa shape index (κ2) is 7.85. The minimum atomic E-state index is -0.374. The number of esters is 1. The molecule has 0 heterocycles. The van der Waals surface area contributed by atoms with Crippen LogP contribution in [0.4, 0.5) is 0 Å². The van der Waals surface area contributed by atoms with E-state index in [0.29, 0.717) is 0 Å². The van der Waals surface area contributed by atoms with E-state index < -0.39 is 0 Å². The van der Waals surface area contributed by atoms with Crippen LogP contribution in [0.1, 0.15) is 17.5 Å². The number of benzene rings is 2. The Bertz CT molecular complexity index is 594. The molecule has 108 valence electrons. The van der Waals surface area contributed by atoms with Crippen molar-refractivity contribution >= 4 is 12.2 Å². The molecule has 0 saturated carbocycles. The molecule has 0 aliphatic heterocycles. The van der Waals surface area contributed by atoms with Crippen molar-refractivity contribution in [1.82, 2.24) is 0 Å². The maximum absolute atomic E-state index is 11.6. The van der Waals surface area contributed by atoms with Crippen molar-refractivity contribution in [3.05, 3.63) is 77.0 Å². The van der Waals surface area contributed by atoms with Gasteiger partial charge in [-0.1, -0.05) is 48.5 Å². The number of rotatable bonds is 6. The van der Waals surface area contributed by atoms with Crippen molar-refractivity contribution in [3.8, 4) is 0 Å². The lowest BCUT2D eigenvalue weighted by Gasteiger charge is -2.06. The quantitative estimate of drug-likeness (QED) is 0.269. The van der Waals surface area contributed by atoms with Gasteiger partial charge in [-0.2, -0.15) is 0 Å². The second-order valence-corrected chi connectivity index (χ2v) is 4.58. The van der Waals surface area contributed by atoms with Gasteiger partial charge >= 0.3 is 5.97 Å². The van der Waals surface area contributed by atoms with Crippen LogP contribution in [0.25, 0.3) is 0 Å². The van der Waals surface area contributed by atoms with Crippen LogP contribution in [0.2, 0.25) is 0 Å². The predicted octanol–water partition coefficient (Wildman–Crippen LogP) is 2.75. The standard InChI is InChI=1S/C17H17NO3/c19-17(21-14-16-9-5-2-6-10-16)11-12-18(20)13-15-7-3-1-4-8-15/h1-10,13H,11-12,14H2/b18-13+. The van der Waals surface area contributed by atoms with E-state index in [1.807, 2.05) is 60.7 Å². The summed E-state index contributed by atoms with van der Waals surface area (Å²) in [5, 5.41) is 11.6. The molecule has 2 aromatic carbocycles. The first-order chi connectivity index (χ1) is 10.2. The topological polar surface area (TPSA) is 52.4 Å². The number of hydrogen-bond acceptors (Lipinski definition) is 3. The van der Waals surface area contributed by atoms with Gasteiger partial charge in [0.05, 0.1) is 0 Å². The van der Waals surface area contributed by atoms with E-state index >= 15 is 0 Å². The first-order valence-corrected chi connectivity index (χ1v) is 6.77. The number of hydrogen-bond donors (Lipinski definition) is 0. The molecular weight excluding hydrogens is 266 g/mol. The van der Waals surface area contributed by atoms with Crippen LogP contribution in [0.15, 0.2) is 60.7 Å². The van der Waals surface area contributed by atoms with Gasteiger partial charge in [0.1, 0.15) is 13.0 Å². The molecule has 0 fully saturated rings. The maximum Gasteiger partial charge on any atom is 0.312 e. The molecule has 0 atom stereocenters. The van der Waals surface area contributed by atoms with E-state index in [-0.39, 0.29) is 25.5 Å². The van der Waals surface area contributed by atoms with Crippen molar-refractivity contribution < 1.29 is 14.3 Å². The highest BCUT2D eigenvalue weighted by molar-refractivity contribution is 5.75. The first kappa shape index (κ1) is 14.8. The van der Waals surface area contributed by atoms with Crippen LogP contribution in [-0.2, 0) is 16.1 Å². The van der Waals surface area contributed by atoms with E-state index in [2.05, 4.69) is 0 Å². The molecule has 0 aliphatic rings. The Hall–Kier alpha value is -2.62. The summed E-state index contributed by atoms with van der Waals surface area (Å²) < 4.78 is 5.86. The van der Waals surface area contributed by atoms with Crippen LogP contribution >= 0.6 is 0 Å². The summed E-state index contributed by atoms with van der Waals surface area (Å²) in [5.41, 5.74) is 1.74. The zero-order valence-corrected chi connectivity index (χ0v) is 11.6. The highest BCUT2D eigenvalue weighted by Gasteiger charge is 2.06. The number of ether oxygens (including phenoxy) is 1. The monoisotopic (exact) mass is 283 g/mol. The second-order valence-electron chi connectivity index (χ2n) is 4.58. The van der Waals surface area contributed by atoms with Gasteiger partial charge in [0.25, 0.3) is 0 Å². The zero-order valence-electron chi connectivity index (χ0n) is 11.6. The lowest BCUT2D eigenvalue weighted by molar-refractivity contribution is -0.451. The van der Waals surface area contributed by atoms with Crippen molar-refractivity contribution in [2.24, 2.45) is 0 Å². The summed E-state index contributed by atoms with van der Waals surface area (Å²) in [6, 6.07) is 18.7. The fourth-order valence-corrected chi connectivity index (χ4v) is 1.78. The summed E-state index contributed by atoms with van der Waals surface area (Å²) in [7, 11) is 0. The lowest BCUT2D eigenvalue weighted by Crippen LogP contribution is -2.14. The molecule has 0 saturated heterocycles. The average molecular weight is 283 g/mol. The van der Waals surface area contributed by atoms with E-state index in [4.69, 9.17) is 4.74 Å². The summed E-state index contributed by atoms with van der Waals surface area (Å²) in [6.45, 7) is 0.323. The molecule has 0 N–H and O–H groups in total. The van der Waals surface area contributed by atoms with Crippen LogP contribution in [0, 0.1) is 5.21 Å².